The third kappa shape index (κ3) is 3.01. The first-order valence-corrected chi connectivity index (χ1v) is 9.15. The lowest BCUT2D eigenvalue weighted by molar-refractivity contribution is -0.114. The standard InChI is InChI=1S/C21H21FN2O4/c1-27-14-6-7-15(19(11-14)28-2)17-4-3-9-23(17)12-24-18-8-5-13(22)10-16(18)20(25)21(24)26/h5-8,10-11,17H,3-4,9,12H2,1-2H3/t17-/m0/s1. The summed E-state index contributed by atoms with van der Waals surface area (Å²) >= 11 is 0. The Bertz CT molecular complexity index is 946. The molecule has 0 aromatic heterocycles. The molecule has 28 heavy (non-hydrogen) atoms. The van der Waals surface area contributed by atoms with Crippen LogP contribution >= 0.6 is 0 Å². The lowest BCUT2D eigenvalue weighted by atomic mass is 10.0. The van der Waals surface area contributed by atoms with Crippen molar-refractivity contribution in [3.05, 3.63) is 53.3 Å². The maximum atomic E-state index is 13.5. The van der Waals surface area contributed by atoms with E-state index in [0.717, 1.165) is 36.8 Å². The molecule has 6 nitrogen and oxygen atoms in total. The zero-order chi connectivity index (χ0) is 19.8. The molecular formula is C21H21FN2O4. The van der Waals surface area contributed by atoms with Gasteiger partial charge in [0.15, 0.2) is 0 Å². The van der Waals surface area contributed by atoms with E-state index in [1.54, 1.807) is 14.2 Å². The van der Waals surface area contributed by atoms with Crippen LogP contribution in [0, 0.1) is 5.82 Å². The number of anilines is 1. The van der Waals surface area contributed by atoms with Crippen molar-refractivity contribution in [2.75, 3.05) is 32.3 Å². The van der Waals surface area contributed by atoms with Crippen molar-refractivity contribution in [1.82, 2.24) is 4.90 Å². The maximum Gasteiger partial charge on any atom is 0.300 e. The predicted molar refractivity (Wildman–Crippen MR) is 101 cm³/mol. The molecule has 2 aromatic rings. The highest BCUT2D eigenvalue weighted by molar-refractivity contribution is 6.52. The zero-order valence-electron chi connectivity index (χ0n) is 15.8. The van der Waals surface area contributed by atoms with Crippen LogP contribution < -0.4 is 14.4 Å². The largest absolute Gasteiger partial charge is 0.497 e. The summed E-state index contributed by atoms with van der Waals surface area (Å²) in [5.74, 6) is -0.368. The summed E-state index contributed by atoms with van der Waals surface area (Å²) < 4.78 is 24.3. The molecule has 2 aliphatic heterocycles. The Hall–Kier alpha value is -2.93. The number of nitrogens with zero attached hydrogens (tertiary/aromatic N) is 2. The van der Waals surface area contributed by atoms with Crippen molar-refractivity contribution in [2.24, 2.45) is 0 Å². The third-order valence-corrected chi connectivity index (χ3v) is 5.42. The minimum atomic E-state index is -0.660. The average molecular weight is 384 g/mol. The highest BCUT2D eigenvalue weighted by Crippen LogP contribution is 2.40. The topological polar surface area (TPSA) is 59.1 Å². The number of hydrogen-bond acceptors (Lipinski definition) is 5. The molecule has 4 rings (SSSR count). The Morgan fingerprint density at radius 1 is 1.11 bits per heavy atom. The monoisotopic (exact) mass is 384 g/mol. The van der Waals surface area contributed by atoms with Crippen LogP contribution in [0.15, 0.2) is 36.4 Å². The zero-order valence-corrected chi connectivity index (χ0v) is 15.8. The molecule has 0 saturated carbocycles. The molecule has 0 unspecified atom stereocenters. The van der Waals surface area contributed by atoms with Gasteiger partial charge in [-0.3, -0.25) is 19.4 Å². The number of fused-ring (bicyclic) bond motifs is 1. The van der Waals surface area contributed by atoms with Crippen LogP contribution in [0.25, 0.3) is 0 Å². The van der Waals surface area contributed by atoms with Gasteiger partial charge in [0.1, 0.15) is 17.3 Å². The van der Waals surface area contributed by atoms with Gasteiger partial charge in [-0.15, -0.1) is 0 Å². The fourth-order valence-corrected chi connectivity index (χ4v) is 4.04. The van der Waals surface area contributed by atoms with E-state index in [1.807, 2.05) is 18.2 Å². The fraction of sp³-hybridized carbons (Fsp3) is 0.333. The van der Waals surface area contributed by atoms with E-state index in [9.17, 15) is 14.0 Å². The lowest BCUT2D eigenvalue weighted by Gasteiger charge is -2.30. The van der Waals surface area contributed by atoms with Crippen molar-refractivity contribution >= 4 is 17.4 Å². The highest BCUT2D eigenvalue weighted by Gasteiger charge is 2.39. The van der Waals surface area contributed by atoms with Crippen molar-refractivity contribution in [3.8, 4) is 11.5 Å². The molecule has 146 valence electrons. The summed E-state index contributed by atoms with van der Waals surface area (Å²) in [5, 5.41) is 0. The van der Waals surface area contributed by atoms with Crippen molar-refractivity contribution < 1.29 is 23.5 Å². The van der Waals surface area contributed by atoms with Crippen LogP contribution in [0.4, 0.5) is 10.1 Å². The summed E-state index contributed by atoms with van der Waals surface area (Å²) in [4.78, 5) is 28.3. The Morgan fingerprint density at radius 2 is 1.93 bits per heavy atom. The SMILES string of the molecule is COc1ccc([C@@H]2CCCN2CN2C(=O)C(=O)c3cc(F)ccc32)c(OC)c1. The van der Waals surface area contributed by atoms with Gasteiger partial charge in [0.2, 0.25) is 0 Å². The molecule has 7 heteroatoms. The molecule has 0 spiro atoms. The summed E-state index contributed by atoms with van der Waals surface area (Å²) in [5.41, 5.74) is 1.60. The van der Waals surface area contributed by atoms with Crippen molar-refractivity contribution in [3.63, 3.8) is 0 Å². The normalized spacial score (nSPS) is 19.2. The van der Waals surface area contributed by atoms with Gasteiger partial charge in [0, 0.05) is 24.2 Å². The van der Waals surface area contributed by atoms with Crippen LogP contribution in [0.1, 0.15) is 34.8 Å². The Labute approximate surface area is 162 Å². The Morgan fingerprint density at radius 3 is 2.68 bits per heavy atom. The van der Waals surface area contributed by atoms with Gasteiger partial charge >= 0.3 is 5.91 Å². The number of hydrogen-bond donors (Lipinski definition) is 0. The molecule has 0 N–H and O–H groups in total. The maximum absolute atomic E-state index is 13.5. The average Bonchev–Trinajstić information content (AvgIpc) is 3.26. The number of Topliss-reactive ketones (excluding diaryl/α,β-unsaturated/α-hetero) is 1. The van der Waals surface area contributed by atoms with E-state index < -0.39 is 17.5 Å². The second-order valence-corrected chi connectivity index (χ2v) is 6.94. The van der Waals surface area contributed by atoms with E-state index in [4.69, 9.17) is 9.47 Å². The molecule has 1 saturated heterocycles. The minimum Gasteiger partial charge on any atom is -0.497 e. The number of methoxy groups -OCH3 is 2. The van der Waals surface area contributed by atoms with Gasteiger partial charge in [-0.25, -0.2) is 4.39 Å². The number of ether oxygens (including phenoxy) is 2. The number of likely N-dealkylation sites (tertiary alicyclic amines) is 1. The van der Waals surface area contributed by atoms with Crippen molar-refractivity contribution in [2.45, 2.75) is 18.9 Å². The first-order valence-electron chi connectivity index (χ1n) is 9.15. The molecule has 2 aliphatic rings. The molecule has 0 bridgehead atoms. The third-order valence-electron chi connectivity index (χ3n) is 5.42. The van der Waals surface area contributed by atoms with Crippen LogP contribution in [0.2, 0.25) is 0 Å². The summed E-state index contributed by atoms with van der Waals surface area (Å²) in [6.45, 7) is 1.05. The second-order valence-electron chi connectivity index (χ2n) is 6.94. The van der Waals surface area contributed by atoms with Gasteiger partial charge in [-0.1, -0.05) is 6.07 Å². The summed E-state index contributed by atoms with van der Waals surface area (Å²) in [6, 6.07) is 9.64. The number of ketones is 1. The van der Waals surface area contributed by atoms with Crippen LogP contribution in [0.3, 0.4) is 0 Å². The predicted octanol–water partition coefficient (Wildman–Crippen LogP) is 3.17. The number of amides is 1. The summed E-state index contributed by atoms with van der Waals surface area (Å²) in [7, 11) is 3.22. The first kappa shape index (κ1) is 18.4. The van der Waals surface area contributed by atoms with Crippen LogP contribution in [0.5, 0.6) is 11.5 Å². The smallest absolute Gasteiger partial charge is 0.300 e. The summed E-state index contributed by atoms with van der Waals surface area (Å²) in [6.07, 6.45) is 1.88. The number of carbonyl (C=O) groups excluding carboxylic acids is 2. The Kier molecular flexibility index (Phi) is 4.77. The van der Waals surface area contributed by atoms with Crippen LogP contribution in [-0.4, -0.2) is 44.0 Å². The minimum absolute atomic E-state index is 0.0493. The molecule has 2 heterocycles. The number of rotatable bonds is 5. The van der Waals surface area contributed by atoms with Gasteiger partial charge in [-0.05, 0) is 37.1 Å². The quantitative estimate of drug-likeness (QED) is 0.741. The van der Waals surface area contributed by atoms with Crippen molar-refractivity contribution in [1.29, 1.82) is 0 Å². The molecule has 0 radical (unpaired) electrons. The van der Waals surface area contributed by atoms with Gasteiger partial charge < -0.3 is 9.47 Å². The molecule has 1 amide bonds. The van der Waals surface area contributed by atoms with E-state index in [-0.39, 0.29) is 18.3 Å². The molecule has 2 aromatic carbocycles. The number of halogens is 1. The van der Waals surface area contributed by atoms with E-state index >= 15 is 0 Å². The van der Waals surface area contributed by atoms with Gasteiger partial charge in [0.25, 0.3) is 5.78 Å². The Balaban J connectivity index is 1.62. The number of carbonyl (C=O) groups is 2. The molecule has 0 aliphatic carbocycles. The van der Waals surface area contributed by atoms with Crippen LogP contribution in [-0.2, 0) is 4.79 Å². The number of benzene rings is 2. The van der Waals surface area contributed by atoms with E-state index in [2.05, 4.69) is 4.90 Å². The highest BCUT2D eigenvalue weighted by atomic mass is 19.1. The van der Waals surface area contributed by atoms with Gasteiger partial charge in [-0.2, -0.15) is 0 Å². The first-order chi connectivity index (χ1) is 13.5. The molecule has 1 atom stereocenters. The lowest BCUT2D eigenvalue weighted by Crippen LogP contribution is -2.40. The molecule has 1 fully saturated rings. The second kappa shape index (κ2) is 7.24. The molecular weight excluding hydrogens is 363 g/mol. The van der Waals surface area contributed by atoms with E-state index in [0.29, 0.717) is 11.4 Å². The van der Waals surface area contributed by atoms with E-state index in [1.165, 1.54) is 17.0 Å². The van der Waals surface area contributed by atoms with Gasteiger partial charge in [0.05, 0.1) is 32.1 Å². The fourth-order valence-electron chi connectivity index (χ4n) is 4.04.